The molecule has 0 bridgehead atoms. The summed E-state index contributed by atoms with van der Waals surface area (Å²) in [5.41, 5.74) is 2.13. The van der Waals surface area contributed by atoms with Crippen LogP contribution in [0.5, 0.6) is 0 Å². The third kappa shape index (κ3) is 4.74. The first-order valence-corrected chi connectivity index (χ1v) is 6.93. The maximum Gasteiger partial charge on any atom is 0.209 e. The van der Waals surface area contributed by atoms with Crippen LogP contribution in [-0.2, 0) is 16.4 Å². The van der Waals surface area contributed by atoms with Gasteiger partial charge in [0.2, 0.25) is 10.0 Å². The first-order valence-electron chi connectivity index (χ1n) is 5.04. The van der Waals surface area contributed by atoms with Gasteiger partial charge in [0.25, 0.3) is 0 Å². The number of hydrogen-bond donors (Lipinski definition) is 2. The Bertz CT molecular complexity index is 442. The van der Waals surface area contributed by atoms with Gasteiger partial charge in [0.1, 0.15) is 0 Å². The van der Waals surface area contributed by atoms with Crippen LogP contribution < -0.4 is 4.72 Å². The fourth-order valence-corrected chi connectivity index (χ4v) is 2.33. The van der Waals surface area contributed by atoms with Crippen molar-refractivity contribution in [1.29, 1.82) is 0 Å². The molecule has 5 heteroatoms. The van der Waals surface area contributed by atoms with Crippen LogP contribution in [0.15, 0.2) is 24.3 Å². The molecule has 0 radical (unpaired) electrons. The first-order chi connectivity index (χ1) is 7.40. The van der Waals surface area contributed by atoms with Gasteiger partial charge in [-0.2, -0.15) is 0 Å². The Balaban J connectivity index is 2.70. The molecule has 1 rings (SSSR count). The van der Waals surface area contributed by atoms with Crippen LogP contribution in [0.3, 0.4) is 0 Å². The van der Waals surface area contributed by atoms with Crippen molar-refractivity contribution >= 4 is 10.0 Å². The van der Waals surface area contributed by atoms with E-state index < -0.39 is 16.1 Å². The van der Waals surface area contributed by atoms with Crippen LogP contribution >= 0.6 is 0 Å². The van der Waals surface area contributed by atoms with Crippen molar-refractivity contribution in [3.63, 3.8) is 0 Å². The van der Waals surface area contributed by atoms with E-state index in [4.69, 9.17) is 5.11 Å². The Morgan fingerprint density at radius 3 is 2.62 bits per heavy atom. The van der Waals surface area contributed by atoms with Crippen molar-refractivity contribution in [2.45, 2.75) is 19.4 Å². The number of nitrogens with one attached hydrogen (secondary N) is 1. The summed E-state index contributed by atoms with van der Waals surface area (Å²) in [5, 5.41) is 9.09. The van der Waals surface area contributed by atoms with E-state index in [9.17, 15) is 8.42 Å². The Kier molecular flexibility index (Phi) is 4.46. The van der Waals surface area contributed by atoms with Gasteiger partial charge in [0.05, 0.1) is 12.9 Å². The van der Waals surface area contributed by atoms with Crippen molar-refractivity contribution in [2.75, 3.05) is 12.9 Å². The zero-order chi connectivity index (χ0) is 12.2. The van der Waals surface area contributed by atoms with Crippen molar-refractivity contribution in [3.8, 4) is 0 Å². The van der Waals surface area contributed by atoms with Crippen LogP contribution in [0.1, 0.15) is 11.1 Å². The van der Waals surface area contributed by atoms with Crippen LogP contribution in [0.4, 0.5) is 0 Å². The van der Waals surface area contributed by atoms with Gasteiger partial charge in [-0.3, -0.25) is 0 Å². The molecular weight excluding hydrogens is 226 g/mol. The summed E-state index contributed by atoms with van der Waals surface area (Å²) in [6.07, 6.45) is 1.58. The minimum Gasteiger partial charge on any atom is -0.395 e. The predicted octanol–water partition coefficient (Wildman–Crippen LogP) is 0.448. The van der Waals surface area contributed by atoms with Gasteiger partial charge in [-0.05, 0) is 18.9 Å². The molecule has 16 heavy (non-hydrogen) atoms. The number of hydrogen-bond acceptors (Lipinski definition) is 3. The average molecular weight is 243 g/mol. The normalized spacial score (nSPS) is 13.7. The third-order valence-electron chi connectivity index (χ3n) is 2.17. The highest BCUT2D eigenvalue weighted by Crippen LogP contribution is 2.07. The zero-order valence-electron chi connectivity index (χ0n) is 9.47. The highest BCUT2D eigenvalue weighted by molar-refractivity contribution is 7.88. The average Bonchev–Trinajstić information content (AvgIpc) is 2.14. The van der Waals surface area contributed by atoms with Gasteiger partial charge in [-0.1, -0.05) is 29.8 Å². The summed E-state index contributed by atoms with van der Waals surface area (Å²) < 4.78 is 24.5. The second-order valence-electron chi connectivity index (χ2n) is 3.96. The number of rotatable bonds is 5. The monoisotopic (exact) mass is 243 g/mol. The molecule has 0 saturated heterocycles. The molecule has 1 atom stereocenters. The summed E-state index contributed by atoms with van der Waals surface area (Å²) in [7, 11) is -3.28. The van der Waals surface area contributed by atoms with Crippen molar-refractivity contribution in [1.82, 2.24) is 4.72 Å². The van der Waals surface area contributed by atoms with Crippen molar-refractivity contribution in [3.05, 3.63) is 35.4 Å². The van der Waals surface area contributed by atoms with Gasteiger partial charge < -0.3 is 5.11 Å². The second-order valence-corrected chi connectivity index (χ2v) is 5.74. The lowest BCUT2D eigenvalue weighted by Crippen LogP contribution is -2.38. The third-order valence-corrected chi connectivity index (χ3v) is 2.93. The lowest BCUT2D eigenvalue weighted by atomic mass is 10.1. The van der Waals surface area contributed by atoms with Gasteiger partial charge in [-0.25, -0.2) is 13.1 Å². The van der Waals surface area contributed by atoms with Gasteiger partial charge in [0.15, 0.2) is 0 Å². The topological polar surface area (TPSA) is 66.4 Å². The number of aryl methyl sites for hydroxylation is 1. The molecule has 2 N–H and O–H groups in total. The molecule has 0 saturated carbocycles. The molecule has 4 nitrogen and oxygen atoms in total. The summed E-state index contributed by atoms with van der Waals surface area (Å²) in [6.45, 7) is 1.77. The molecule has 0 amide bonds. The quantitative estimate of drug-likeness (QED) is 0.789. The van der Waals surface area contributed by atoms with Crippen molar-refractivity contribution < 1.29 is 13.5 Å². The van der Waals surface area contributed by atoms with Gasteiger partial charge in [-0.15, -0.1) is 0 Å². The molecule has 0 aromatic heterocycles. The summed E-state index contributed by atoms with van der Waals surface area (Å²) >= 11 is 0. The van der Waals surface area contributed by atoms with Crippen LogP contribution in [0.25, 0.3) is 0 Å². The van der Waals surface area contributed by atoms with E-state index in [2.05, 4.69) is 4.72 Å². The number of aliphatic hydroxyl groups is 1. The van der Waals surface area contributed by atoms with Gasteiger partial charge >= 0.3 is 0 Å². The van der Waals surface area contributed by atoms with Crippen LogP contribution in [0, 0.1) is 6.92 Å². The number of benzene rings is 1. The molecule has 1 aromatic rings. The molecule has 0 fully saturated rings. The summed E-state index contributed by atoms with van der Waals surface area (Å²) in [6, 6.07) is 7.32. The van der Waals surface area contributed by atoms with E-state index >= 15 is 0 Å². The molecule has 1 unspecified atom stereocenters. The van der Waals surface area contributed by atoms with Gasteiger partial charge in [0, 0.05) is 6.04 Å². The molecule has 1 aromatic carbocycles. The Morgan fingerprint density at radius 2 is 2.12 bits per heavy atom. The zero-order valence-corrected chi connectivity index (χ0v) is 10.3. The fraction of sp³-hybridized carbons (Fsp3) is 0.455. The molecular formula is C11H17NO3S. The maximum atomic E-state index is 11.0. The minimum atomic E-state index is -3.28. The first kappa shape index (κ1) is 13.2. The predicted molar refractivity (Wildman–Crippen MR) is 63.7 cm³/mol. The maximum absolute atomic E-state index is 11.0. The highest BCUT2D eigenvalue weighted by Gasteiger charge is 2.13. The SMILES string of the molecule is Cc1cccc(CC(CO)NS(C)(=O)=O)c1. The highest BCUT2D eigenvalue weighted by atomic mass is 32.2. The molecule has 0 aliphatic carbocycles. The largest absolute Gasteiger partial charge is 0.395 e. The molecule has 0 heterocycles. The van der Waals surface area contributed by atoms with E-state index in [0.717, 1.165) is 17.4 Å². The fourth-order valence-electron chi connectivity index (χ4n) is 1.57. The smallest absolute Gasteiger partial charge is 0.209 e. The Hall–Kier alpha value is -0.910. The Labute approximate surface area is 96.4 Å². The molecule has 0 aliphatic heterocycles. The Morgan fingerprint density at radius 1 is 1.44 bits per heavy atom. The van der Waals surface area contributed by atoms with E-state index in [1.807, 2.05) is 31.2 Å². The molecule has 90 valence electrons. The lowest BCUT2D eigenvalue weighted by molar-refractivity contribution is 0.256. The summed E-state index contributed by atoms with van der Waals surface area (Å²) in [4.78, 5) is 0. The van der Waals surface area contributed by atoms with Crippen molar-refractivity contribution in [2.24, 2.45) is 0 Å². The summed E-state index contributed by atoms with van der Waals surface area (Å²) in [5.74, 6) is 0. The minimum absolute atomic E-state index is 0.207. The van der Waals surface area contributed by atoms with E-state index in [0.29, 0.717) is 6.42 Å². The van der Waals surface area contributed by atoms with E-state index in [-0.39, 0.29) is 6.61 Å². The van der Waals surface area contributed by atoms with Crippen LogP contribution in [0.2, 0.25) is 0 Å². The molecule has 0 spiro atoms. The number of aliphatic hydroxyl groups excluding tert-OH is 1. The number of sulfonamides is 1. The van der Waals surface area contributed by atoms with Crippen LogP contribution in [-0.4, -0.2) is 32.4 Å². The van der Waals surface area contributed by atoms with E-state index in [1.165, 1.54) is 0 Å². The lowest BCUT2D eigenvalue weighted by Gasteiger charge is -2.14. The standard InChI is InChI=1S/C11H17NO3S/c1-9-4-3-5-10(6-9)7-11(8-13)12-16(2,14)15/h3-6,11-13H,7-8H2,1-2H3. The van der Waals surface area contributed by atoms with E-state index in [1.54, 1.807) is 0 Å². The molecule has 0 aliphatic rings. The second kappa shape index (κ2) is 5.43.